The van der Waals surface area contributed by atoms with Crippen molar-refractivity contribution in [3.8, 4) is 0 Å². The maximum absolute atomic E-state index is 13.3. The van der Waals surface area contributed by atoms with Gasteiger partial charge in [0.1, 0.15) is 17.7 Å². The van der Waals surface area contributed by atoms with Crippen molar-refractivity contribution in [2.75, 3.05) is 31.7 Å². The van der Waals surface area contributed by atoms with Gasteiger partial charge < -0.3 is 19.5 Å². The second kappa shape index (κ2) is 7.51. The molecule has 156 valence electrons. The Morgan fingerprint density at radius 1 is 1.03 bits per heavy atom. The minimum absolute atomic E-state index is 0.301. The molecule has 0 spiro atoms. The molecular weight excluding hydrogens is 398 g/mol. The molecule has 9 heteroatoms. The highest BCUT2D eigenvalue weighted by Gasteiger charge is 2.50. The molecule has 4 rings (SSSR count). The van der Waals surface area contributed by atoms with Gasteiger partial charge in [-0.2, -0.15) is 0 Å². The first-order valence-electron chi connectivity index (χ1n) is 9.50. The van der Waals surface area contributed by atoms with Gasteiger partial charge in [-0.3, -0.25) is 0 Å². The molecule has 2 saturated heterocycles. The van der Waals surface area contributed by atoms with Crippen LogP contribution in [0.4, 0.5) is 15.3 Å². The summed E-state index contributed by atoms with van der Waals surface area (Å²) in [4.78, 5) is 26.4. The van der Waals surface area contributed by atoms with E-state index >= 15 is 0 Å². The highest BCUT2D eigenvalue weighted by Crippen LogP contribution is 2.37. The van der Waals surface area contributed by atoms with Gasteiger partial charge in [-0.25, -0.2) is 19.6 Å². The number of fused-ring (bicyclic) bond motifs is 2. The summed E-state index contributed by atoms with van der Waals surface area (Å²) < 4.78 is 16.9. The van der Waals surface area contributed by atoms with Crippen molar-refractivity contribution < 1.29 is 23.8 Å². The van der Waals surface area contributed by atoms with Gasteiger partial charge in [0.2, 0.25) is 0 Å². The van der Waals surface area contributed by atoms with Crippen molar-refractivity contribution >= 4 is 29.4 Å². The second-order valence-corrected chi connectivity index (χ2v) is 8.66. The predicted octanol–water partition coefficient (Wildman–Crippen LogP) is 3.43. The zero-order chi connectivity index (χ0) is 20.8. The van der Waals surface area contributed by atoms with Crippen molar-refractivity contribution in [2.24, 2.45) is 0 Å². The van der Waals surface area contributed by atoms with Crippen molar-refractivity contribution in [2.45, 2.75) is 38.5 Å². The maximum Gasteiger partial charge on any atom is 0.430 e. The molecule has 0 bridgehead atoms. The Bertz CT molecular complexity index is 849. The molecule has 0 aliphatic carbocycles. The number of hydrogen-bond donors (Lipinski definition) is 1. The Hall–Kier alpha value is -2.29. The Morgan fingerprint density at radius 3 is 2.14 bits per heavy atom. The van der Waals surface area contributed by atoms with Crippen LogP contribution in [-0.2, 0) is 14.2 Å². The number of anilines is 1. The number of halogens is 1. The predicted molar refractivity (Wildman–Crippen MR) is 107 cm³/mol. The van der Waals surface area contributed by atoms with E-state index in [4.69, 9.17) is 25.8 Å². The van der Waals surface area contributed by atoms with Crippen molar-refractivity contribution in [1.29, 1.82) is 0 Å². The van der Waals surface area contributed by atoms with Crippen molar-refractivity contribution in [3.63, 3.8) is 0 Å². The standard InChI is InChI=1S/C20H24ClN3O5/c1-20(2,3)29-19(26)24-17-11-28-9-15(17)14-8-27-10-16(14)23(24)18(25)22-13-6-4-12(21)5-7-13/h4-7,16-17H,8-11H2,1-3H3,(H,22,25)/t16-,17+/m0/s1. The third-order valence-electron chi connectivity index (χ3n) is 4.99. The minimum Gasteiger partial charge on any atom is -0.442 e. The van der Waals surface area contributed by atoms with Gasteiger partial charge in [-0.1, -0.05) is 11.6 Å². The molecule has 0 unspecified atom stereocenters. The number of rotatable bonds is 1. The van der Waals surface area contributed by atoms with Crippen LogP contribution in [0.5, 0.6) is 0 Å². The Labute approximate surface area is 174 Å². The minimum atomic E-state index is -0.703. The van der Waals surface area contributed by atoms with E-state index in [1.807, 2.05) is 0 Å². The quantitative estimate of drug-likeness (QED) is 0.702. The molecule has 3 aliphatic heterocycles. The summed E-state index contributed by atoms with van der Waals surface area (Å²) in [6.07, 6.45) is -0.595. The first-order valence-corrected chi connectivity index (χ1v) is 9.87. The van der Waals surface area contributed by atoms with Gasteiger partial charge >= 0.3 is 12.1 Å². The summed E-state index contributed by atoms with van der Waals surface area (Å²) in [6, 6.07) is 5.55. The molecule has 0 radical (unpaired) electrons. The molecule has 1 aromatic rings. The fourth-order valence-corrected chi connectivity index (χ4v) is 3.91. The van der Waals surface area contributed by atoms with Crippen molar-refractivity contribution in [3.05, 3.63) is 40.4 Å². The summed E-state index contributed by atoms with van der Waals surface area (Å²) >= 11 is 5.93. The van der Waals surface area contributed by atoms with E-state index in [0.29, 0.717) is 37.1 Å². The van der Waals surface area contributed by atoms with Gasteiger partial charge in [0, 0.05) is 10.7 Å². The fourth-order valence-electron chi connectivity index (χ4n) is 3.78. The van der Waals surface area contributed by atoms with Gasteiger partial charge in [0.15, 0.2) is 0 Å². The lowest BCUT2D eigenvalue weighted by Crippen LogP contribution is -2.64. The van der Waals surface area contributed by atoms with E-state index in [1.54, 1.807) is 45.0 Å². The molecule has 1 aromatic carbocycles. The molecule has 2 fully saturated rings. The monoisotopic (exact) mass is 421 g/mol. The van der Waals surface area contributed by atoms with Crippen LogP contribution >= 0.6 is 11.6 Å². The van der Waals surface area contributed by atoms with Crippen LogP contribution in [0.2, 0.25) is 5.02 Å². The van der Waals surface area contributed by atoms with E-state index in [-0.39, 0.29) is 6.04 Å². The molecule has 1 N–H and O–H groups in total. The number of carbonyl (C=O) groups is 2. The molecular formula is C20H24ClN3O5. The number of hydrazine groups is 1. The van der Waals surface area contributed by atoms with Gasteiger partial charge in [0.25, 0.3) is 0 Å². The lowest BCUT2D eigenvalue weighted by Gasteiger charge is -2.45. The number of nitrogens with one attached hydrogen (secondary N) is 1. The maximum atomic E-state index is 13.3. The number of hydrogen-bond acceptors (Lipinski definition) is 5. The van der Waals surface area contributed by atoms with E-state index in [0.717, 1.165) is 11.1 Å². The van der Waals surface area contributed by atoms with Crippen LogP contribution in [0.15, 0.2) is 35.4 Å². The summed E-state index contributed by atoms with van der Waals surface area (Å²) in [5, 5.41) is 6.19. The summed E-state index contributed by atoms with van der Waals surface area (Å²) in [5.41, 5.74) is 1.86. The molecule has 3 amide bonds. The molecule has 0 saturated carbocycles. The summed E-state index contributed by atoms with van der Waals surface area (Å²) in [5.74, 6) is 0. The first-order chi connectivity index (χ1) is 13.7. The summed E-state index contributed by atoms with van der Waals surface area (Å²) in [6.45, 7) is 6.82. The third-order valence-corrected chi connectivity index (χ3v) is 5.24. The number of ether oxygens (including phenoxy) is 3. The fraction of sp³-hybridized carbons (Fsp3) is 0.500. The smallest absolute Gasteiger partial charge is 0.430 e. The van der Waals surface area contributed by atoms with Gasteiger partial charge in [0.05, 0.1) is 26.4 Å². The van der Waals surface area contributed by atoms with Crippen LogP contribution in [0.3, 0.4) is 0 Å². The van der Waals surface area contributed by atoms with E-state index in [9.17, 15) is 9.59 Å². The van der Waals surface area contributed by atoms with E-state index in [1.165, 1.54) is 10.0 Å². The second-order valence-electron chi connectivity index (χ2n) is 8.22. The van der Waals surface area contributed by atoms with Gasteiger partial charge in [-0.15, -0.1) is 0 Å². The number of benzene rings is 1. The third kappa shape index (κ3) is 3.92. The number of nitrogens with zero attached hydrogens (tertiary/aromatic N) is 2. The topological polar surface area (TPSA) is 80.3 Å². The SMILES string of the molecule is CC(C)(C)OC(=O)N1[C@@H]2COCC2=C2COC[C@@H]2N1C(=O)Nc1ccc(Cl)cc1. The average Bonchev–Trinajstić information content (AvgIpc) is 3.29. The van der Waals surface area contributed by atoms with Crippen LogP contribution in [0.25, 0.3) is 0 Å². The highest BCUT2D eigenvalue weighted by molar-refractivity contribution is 6.30. The van der Waals surface area contributed by atoms with Crippen molar-refractivity contribution in [1.82, 2.24) is 10.0 Å². The highest BCUT2D eigenvalue weighted by atomic mass is 35.5. The molecule has 29 heavy (non-hydrogen) atoms. The number of urea groups is 1. The van der Waals surface area contributed by atoms with E-state index < -0.39 is 23.8 Å². The van der Waals surface area contributed by atoms with Crippen LogP contribution in [-0.4, -0.2) is 66.3 Å². The zero-order valence-electron chi connectivity index (χ0n) is 16.6. The van der Waals surface area contributed by atoms with Crippen LogP contribution in [0.1, 0.15) is 20.8 Å². The Kier molecular flexibility index (Phi) is 5.18. The largest absolute Gasteiger partial charge is 0.442 e. The summed E-state index contributed by atoms with van der Waals surface area (Å²) in [7, 11) is 0. The Balaban J connectivity index is 1.68. The number of amides is 3. The number of carbonyl (C=O) groups excluding carboxylic acids is 2. The van der Waals surface area contributed by atoms with Crippen LogP contribution in [0, 0.1) is 0 Å². The van der Waals surface area contributed by atoms with Crippen LogP contribution < -0.4 is 5.32 Å². The van der Waals surface area contributed by atoms with Gasteiger partial charge in [-0.05, 0) is 56.2 Å². The van der Waals surface area contributed by atoms with E-state index in [2.05, 4.69) is 5.32 Å². The normalized spacial score (nSPS) is 23.7. The Morgan fingerprint density at radius 2 is 1.59 bits per heavy atom. The molecule has 8 nitrogen and oxygen atoms in total. The zero-order valence-corrected chi connectivity index (χ0v) is 17.4. The molecule has 3 aliphatic rings. The lowest BCUT2D eigenvalue weighted by atomic mass is 9.96. The molecule has 2 atom stereocenters. The molecule has 3 heterocycles. The first kappa shape index (κ1) is 20.0. The lowest BCUT2D eigenvalue weighted by molar-refractivity contribution is -0.0623. The molecule has 0 aromatic heterocycles. The average molecular weight is 422 g/mol.